The lowest BCUT2D eigenvalue weighted by Gasteiger charge is -2.12. The van der Waals surface area contributed by atoms with Crippen LogP contribution in [0, 0.1) is 6.92 Å². The number of hydrogen-bond acceptors (Lipinski definition) is 4. The molecule has 0 saturated carbocycles. The fourth-order valence-electron chi connectivity index (χ4n) is 1.11. The smallest absolute Gasteiger partial charge is 0.149 e. The van der Waals surface area contributed by atoms with Crippen molar-refractivity contribution in [3.63, 3.8) is 0 Å². The zero-order chi connectivity index (χ0) is 10.6. The zero-order valence-electron chi connectivity index (χ0n) is 9.04. The predicted molar refractivity (Wildman–Crippen MR) is 60.4 cm³/mol. The fourth-order valence-corrected chi connectivity index (χ4v) is 1.11. The van der Waals surface area contributed by atoms with Crippen molar-refractivity contribution in [2.24, 2.45) is 0 Å². The molecule has 1 aromatic heterocycles. The van der Waals surface area contributed by atoms with E-state index in [1.54, 1.807) is 0 Å². The van der Waals surface area contributed by atoms with E-state index in [0.717, 1.165) is 24.6 Å². The van der Waals surface area contributed by atoms with E-state index in [1.165, 1.54) is 0 Å². The predicted octanol–water partition coefficient (Wildman–Crippen LogP) is 0.946. The highest BCUT2D eigenvalue weighted by molar-refractivity contribution is 5.61. The van der Waals surface area contributed by atoms with Gasteiger partial charge < -0.3 is 16.0 Å². The molecule has 78 valence electrons. The highest BCUT2D eigenvalue weighted by Gasteiger charge is 1.99. The average Bonchev–Trinajstić information content (AvgIpc) is 2.10. The van der Waals surface area contributed by atoms with E-state index in [0.29, 0.717) is 5.69 Å². The van der Waals surface area contributed by atoms with Gasteiger partial charge in [-0.2, -0.15) is 0 Å². The average molecular weight is 194 g/mol. The summed E-state index contributed by atoms with van der Waals surface area (Å²) in [5.41, 5.74) is 7.45. The van der Waals surface area contributed by atoms with Crippen LogP contribution >= 0.6 is 0 Å². The molecule has 0 amide bonds. The Morgan fingerprint density at radius 2 is 2.14 bits per heavy atom. The van der Waals surface area contributed by atoms with E-state index < -0.39 is 0 Å². The molecule has 4 nitrogen and oxygen atoms in total. The van der Waals surface area contributed by atoms with Gasteiger partial charge in [0.15, 0.2) is 0 Å². The van der Waals surface area contributed by atoms with Crippen LogP contribution in [-0.4, -0.2) is 37.1 Å². The highest BCUT2D eigenvalue weighted by Crippen LogP contribution is 2.14. The SMILES string of the molecule is Cc1ccc(N)c(NCCN(C)C)n1. The maximum absolute atomic E-state index is 5.77. The molecule has 0 aliphatic carbocycles. The third-order valence-corrected chi connectivity index (χ3v) is 1.92. The van der Waals surface area contributed by atoms with Crippen molar-refractivity contribution < 1.29 is 0 Å². The van der Waals surface area contributed by atoms with Crippen LogP contribution in [-0.2, 0) is 0 Å². The van der Waals surface area contributed by atoms with Crippen LogP contribution in [0.15, 0.2) is 12.1 Å². The molecule has 3 N–H and O–H groups in total. The Balaban J connectivity index is 2.53. The van der Waals surface area contributed by atoms with Crippen LogP contribution in [0.2, 0.25) is 0 Å². The minimum Gasteiger partial charge on any atom is -0.396 e. The molecule has 0 bridgehead atoms. The third-order valence-electron chi connectivity index (χ3n) is 1.92. The number of hydrogen-bond donors (Lipinski definition) is 2. The van der Waals surface area contributed by atoms with Gasteiger partial charge in [-0.05, 0) is 33.2 Å². The second-order valence-corrected chi connectivity index (χ2v) is 3.62. The first-order valence-corrected chi connectivity index (χ1v) is 4.71. The molecule has 0 spiro atoms. The number of nitrogens with one attached hydrogen (secondary N) is 1. The van der Waals surface area contributed by atoms with Gasteiger partial charge in [0.25, 0.3) is 0 Å². The van der Waals surface area contributed by atoms with Crippen molar-refractivity contribution in [3.8, 4) is 0 Å². The zero-order valence-corrected chi connectivity index (χ0v) is 9.04. The number of anilines is 2. The highest BCUT2D eigenvalue weighted by atomic mass is 15.1. The molecule has 0 aliphatic rings. The first kappa shape index (κ1) is 10.8. The minimum absolute atomic E-state index is 0.703. The van der Waals surface area contributed by atoms with E-state index in [-0.39, 0.29) is 0 Å². The maximum Gasteiger partial charge on any atom is 0.149 e. The first-order chi connectivity index (χ1) is 6.59. The fraction of sp³-hybridized carbons (Fsp3) is 0.500. The quantitative estimate of drug-likeness (QED) is 0.749. The van der Waals surface area contributed by atoms with E-state index in [9.17, 15) is 0 Å². The van der Waals surface area contributed by atoms with Crippen LogP contribution in [0.1, 0.15) is 5.69 Å². The molecule has 0 radical (unpaired) electrons. The summed E-state index contributed by atoms with van der Waals surface area (Å²) in [5, 5.41) is 3.21. The van der Waals surface area contributed by atoms with Crippen molar-refractivity contribution in [1.29, 1.82) is 0 Å². The standard InChI is InChI=1S/C10H18N4/c1-8-4-5-9(11)10(13-8)12-6-7-14(2)3/h4-5H,6-7,11H2,1-3H3,(H,12,13). The van der Waals surface area contributed by atoms with Crippen LogP contribution in [0.25, 0.3) is 0 Å². The Labute approximate surface area is 85.1 Å². The minimum atomic E-state index is 0.703. The molecular weight excluding hydrogens is 176 g/mol. The van der Waals surface area contributed by atoms with Crippen molar-refractivity contribution in [2.45, 2.75) is 6.92 Å². The first-order valence-electron chi connectivity index (χ1n) is 4.71. The summed E-state index contributed by atoms with van der Waals surface area (Å²) in [7, 11) is 4.07. The Morgan fingerprint density at radius 1 is 1.43 bits per heavy atom. The number of nitrogen functional groups attached to an aromatic ring is 1. The van der Waals surface area contributed by atoms with E-state index in [1.807, 2.05) is 33.2 Å². The van der Waals surface area contributed by atoms with Crippen molar-refractivity contribution >= 4 is 11.5 Å². The molecule has 1 aromatic rings. The number of pyridine rings is 1. The molecule has 0 aromatic carbocycles. The van der Waals surface area contributed by atoms with Crippen LogP contribution in [0.3, 0.4) is 0 Å². The summed E-state index contributed by atoms with van der Waals surface area (Å²) in [6, 6.07) is 3.78. The lowest BCUT2D eigenvalue weighted by atomic mass is 10.3. The van der Waals surface area contributed by atoms with Crippen LogP contribution in [0.4, 0.5) is 11.5 Å². The van der Waals surface area contributed by atoms with Crippen molar-refractivity contribution in [1.82, 2.24) is 9.88 Å². The summed E-state index contributed by atoms with van der Waals surface area (Å²) in [4.78, 5) is 6.43. The van der Waals surface area contributed by atoms with Crippen LogP contribution < -0.4 is 11.1 Å². The largest absolute Gasteiger partial charge is 0.396 e. The van der Waals surface area contributed by atoms with Gasteiger partial charge in [0.1, 0.15) is 5.82 Å². The van der Waals surface area contributed by atoms with Gasteiger partial charge in [0.05, 0.1) is 5.69 Å². The van der Waals surface area contributed by atoms with Gasteiger partial charge >= 0.3 is 0 Å². The second-order valence-electron chi connectivity index (χ2n) is 3.62. The Morgan fingerprint density at radius 3 is 2.79 bits per heavy atom. The molecule has 0 saturated heterocycles. The molecule has 14 heavy (non-hydrogen) atoms. The number of aromatic nitrogens is 1. The number of likely N-dealkylation sites (N-methyl/N-ethyl adjacent to an activating group) is 1. The van der Waals surface area contributed by atoms with Gasteiger partial charge in [-0.15, -0.1) is 0 Å². The number of nitrogens with two attached hydrogens (primary N) is 1. The Bertz CT molecular complexity index is 296. The van der Waals surface area contributed by atoms with E-state index in [4.69, 9.17) is 5.73 Å². The summed E-state index contributed by atoms with van der Waals surface area (Å²) in [6.45, 7) is 3.78. The molecule has 1 heterocycles. The molecule has 0 aliphatic heterocycles. The Hall–Kier alpha value is -1.29. The normalized spacial score (nSPS) is 10.6. The topological polar surface area (TPSA) is 54.2 Å². The van der Waals surface area contributed by atoms with E-state index >= 15 is 0 Å². The number of rotatable bonds is 4. The van der Waals surface area contributed by atoms with Gasteiger partial charge in [-0.3, -0.25) is 0 Å². The van der Waals surface area contributed by atoms with Gasteiger partial charge in [0, 0.05) is 18.8 Å². The summed E-state index contributed by atoms with van der Waals surface area (Å²) in [6.07, 6.45) is 0. The number of aryl methyl sites for hydroxylation is 1. The molecular formula is C10H18N4. The molecule has 0 unspecified atom stereocenters. The lowest BCUT2D eigenvalue weighted by Crippen LogP contribution is -2.21. The lowest BCUT2D eigenvalue weighted by molar-refractivity contribution is 0.425. The maximum atomic E-state index is 5.77. The molecule has 1 rings (SSSR count). The molecule has 4 heteroatoms. The Kier molecular flexibility index (Phi) is 3.71. The summed E-state index contributed by atoms with van der Waals surface area (Å²) < 4.78 is 0. The van der Waals surface area contributed by atoms with Gasteiger partial charge in [-0.25, -0.2) is 4.98 Å². The van der Waals surface area contributed by atoms with E-state index in [2.05, 4.69) is 15.2 Å². The summed E-state index contributed by atoms with van der Waals surface area (Å²) >= 11 is 0. The van der Waals surface area contributed by atoms with Gasteiger partial charge in [0.2, 0.25) is 0 Å². The van der Waals surface area contributed by atoms with Crippen molar-refractivity contribution in [2.75, 3.05) is 38.2 Å². The van der Waals surface area contributed by atoms with Gasteiger partial charge in [-0.1, -0.05) is 0 Å². The number of nitrogens with zero attached hydrogens (tertiary/aromatic N) is 2. The third kappa shape index (κ3) is 3.22. The van der Waals surface area contributed by atoms with Crippen molar-refractivity contribution in [3.05, 3.63) is 17.8 Å². The summed E-state index contributed by atoms with van der Waals surface area (Å²) in [5.74, 6) is 0.784. The second kappa shape index (κ2) is 4.81. The molecule has 0 atom stereocenters. The molecule has 0 fully saturated rings. The van der Waals surface area contributed by atoms with Crippen LogP contribution in [0.5, 0.6) is 0 Å². The monoisotopic (exact) mass is 194 g/mol.